The SMILES string of the molecule is CC(=O)c1ccc(N2CCN(C(=O)Cc3csc(-c4ccccn4)n3)CC2)c(F)c1. The molecular formula is C22H21FN4O2S. The third kappa shape index (κ3) is 4.38. The first-order valence-corrected chi connectivity index (χ1v) is 10.6. The molecule has 0 aliphatic carbocycles. The molecule has 0 spiro atoms. The van der Waals surface area contributed by atoms with Crippen molar-refractivity contribution in [2.24, 2.45) is 0 Å². The zero-order valence-corrected chi connectivity index (χ0v) is 17.4. The van der Waals surface area contributed by atoms with Gasteiger partial charge in [-0.3, -0.25) is 14.6 Å². The van der Waals surface area contributed by atoms with Crippen LogP contribution in [-0.4, -0.2) is 52.7 Å². The van der Waals surface area contributed by atoms with Gasteiger partial charge in [0.25, 0.3) is 0 Å². The summed E-state index contributed by atoms with van der Waals surface area (Å²) >= 11 is 1.48. The molecule has 1 aromatic carbocycles. The average Bonchev–Trinajstić information content (AvgIpc) is 3.23. The van der Waals surface area contributed by atoms with Crippen LogP contribution in [0.25, 0.3) is 10.7 Å². The highest BCUT2D eigenvalue weighted by atomic mass is 32.1. The van der Waals surface area contributed by atoms with E-state index in [0.29, 0.717) is 37.4 Å². The summed E-state index contributed by atoms with van der Waals surface area (Å²) in [6.45, 7) is 3.53. The number of nitrogens with zero attached hydrogens (tertiary/aromatic N) is 4. The summed E-state index contributed by atoms with van der Waals surface area (Å²) in [6, 6.07) is 10.2. The summed E-state index contributed by atoms with van der Waals surface area (Å²) in [5.74, 6) is -0.559. The van der Waals surface area contributed by atoms with E-state index in [2.05, 4.69) is 9.97 Å². The van der Waals surface area contributed by atoms with Gasteiger partial charge in [0.15, 0.2) is 5.78 Å². The van der Waals surface area contributed by atoms with Crippen molar-refractivity contribution in [3.05, 3.63) is 65.0 Å². The Balaban J connectivity index is 1.35. The number of aromatic nitrogens is 2. The van der Waals surface area contributed by atoms with E-state index in [1.807, 2.05) is 28.5 Å². The number of halogens is 1. The van der Waals surface area contributed by atoms with Crippen LogP contribution in [0.15, 0.2) is 48.0 Å². The normalized spacial score (nSPS) is 14.1. The number of anilines is 1. The molecule has 1 amide bonds. The topological polar surface area (TPSA) is 66.4 Å². The van der Waals surface area contributed by atoms with E-state index in [1.54, 1.807) is 23.2 Å². The Kier molecular flexibility index (Phi) is 5.85. The Morgan fingerprint density at radius 3 is 2.60 bits per heavy atom. The van der Waals surface area contributed by atoms with Gasteiger partial charge in [-0.2, -0.15) is 0 Å². The summed E-state index contributed by atoms with van der Waals surface area (Å²) in [7, 11) is 0. The number of piperazine rings is 1. The maximum atomic E-state index is 14.4. The van der Waals surface area contributed by atoms with Gasteiger partial charge in [0.1, 0.15) is 10.8 Å². The van der Waals surface area contributed by atoms with Crippen molar-refractivity contribution in [2.75, 3.05) is 31.1 Å². The highest BCUT2D eigenvalue weighted by Gasteiger charge is 2.24. The first-order chi connectivity index (χ1) is 14.5. The quantitative estimate of drug-likeness (QED) is 0.587. The molecule has 0 saturated carbocycles. The fourth-order valence-electron chi connectivity index (χ4n) is 3.44. The minimum atomic E-state index is -0.410. The predicted molar refractivity (Wildman–Crippen MR) is 114 cm³/mol. The van der Waals surface area contributed by atoms with Gasteiger partial charge in [-0.1, -0.05) is 6.07 Å². The maximum Gasteiger partial charge on any atom is 0.228 e. The van der Waals surface area contributed by atoms with Gasteiger partial charge in [0.2, 0.25) is 5.91 Å². The van der Waals surface area contributed by atoms with Crippen molar-refractivity contribution in [1.29, 1.82) is 0 Å². The van der Waals surface area contributed by atoms with Gasteiger partial charge >= 0.3 is 0 Å². The van der Waals surface area contributed by atoms with Crippen molar-refractivity contribution in [3.63, 3.8) is 0 Å². The second-order valence-corrected chi connectivity index (χ2v) is 7.98. The largest absolute Gasteiger partial charge is 0.366 e. The first kappa shape index (κ1) is 20.2. The fourth-order valence-corrected chi connectivity index (χ4v) is 4.24. The fraction of sp³-hybridized carbons (Fsp3) is 0.273. The summed E-state index contributed by atoms with van der Waals surface area (Å²) < 4.78 is 14.4. The molecule has 1 aliphatic heterocycles. The van der Waals surface area contributed by atoms with Gasteiger partial charge in [-0.05, 0) is 37.3 Å². The molecule has 4 rings (SSSR count). The Bertz CT molecular complexity index is 1060. The van der Waals surface area contributed by atoms with E-state index < -0.39 is 5.82 Å². The summed E-state index contributed by atoms with van der Waals surface area (Å²) in [6.07, 6.45) is 1.96. The van der Waals surface area contributed by atoms with E-state index in [0.717, 1.165) is 16.4 Å². The van der Waals surface area contributed by atoms with Crippen LogP contribution in [0.2, 0.25) is 0 Å². The molecule has 0 N–H and O–H groups in total. The van der Waals surface area contributed by atoms with E-state index in [4.69, 9.17) is 0 Å². The molecule has 8 heteroatoms. The molecule has 0 radical (unpaired) electrons. The van der Waals surface area contributed by atoms with Gasteiger partial charge < -0.3 is 9.80 Å². The number of carbonyl (C=O) groups is 2. The number of carbonyl (C=O) groups excluding carboxylic acids is 2. The Morgan fingerprint density at radius 2 is 1.93 bits per heavy atom. The van der Waals surface area contributed by atoms with Crippen molar-refractivity contribution < 1.29 is 14.0 Å². The molecule has 2 aromatic heterocycles. The smallest absolute Gasteiger partial charge is 0.228 e. The third-order valence-corrected chi connectivity index (χ3v) is 6.01. The molecule has 0 atom stereocenters. The van der Waals surface area contributed by atoms with Crippen LogP contribution in [0.3, 0.4) is 0 Å². The lowest BCUT2D eigenvalue weighted by Crippen LogP contribution is -2.49. The summed E-state index contributed by atoms with van der Waals surface area (Å²) in [5.41, 5.74) is 2.36. The third-order valence-electron chi connectivity index (χ3n) is 5.10. The van der Waals surface area contributed by atoms with Crippen molar-refractivity contribution >= 4 is 28.7 Å². The number of Topliss-reactive ketones (excluding diaryl/α,β-unsaturated/α-hetero) is 1. The van der Waals surface area contributed by atoms with Gasteiger partial charge in [-0.15, -0.1) is 11.3 Å². The standard InChI is InChI=1S/C22H21FN4O2S/c1-15(28)16-5-6-20(18(23)12-16)26-8-10-27(11-9-26)21(29)13-17-14-30-22(25-17)19-4-2-3-7-24-19/h2-7,12,14H,8-11,13H2,1H3. The van der Waals surface area contributed by atoms with Crippen LogP contribution in [0.1, 0.15) is 23.0 Å². The van der Waals surface area contributed by atoms with Crippen LogP contribution in [0, 0.1) is 5.82 Å². The lowest BCUT2D eigenvalue weighted by molar-refractivity contribution is -0.130. The maximum absolute atomic E-state index is 14.4. The summed E-state index contributed by atoms with van der Waals surface area (Å²) in [5, 5.41) is 2.69. The molecule has 1 aliphatic rings. The average molecular weight is 425 g/mol. The monoisotopic (exact) mass is 424 g/mol. The number of thiazole rings is 1. The number of hydrogen-bond donors (Lipinski definition) is 0. The van der Waals surface area contributed by atoms with E-state index >= 15 is 0 Å². The minimum absolute atomic E-state index is 0.0138. The van der Waals surface area contributed by atoms with Crippen LogP contribution in [0.4, 0.5) is 10.1 Å². The zero-order valence-electron chi connectivity index (χ0n) is 16.5. The lowest BCUT2D eigenvalue weighted by atomic mass is 10.1. The van der Waals surface area contributed by atoms with Crippen LogP contribution in [0.5, 0.6) is 0 Å². The van der Waals surface area contributed by atoms with E-state index in [9.17, 15) is 14.0 Å². The number of hydrogen-bond acceptors (Lipinski definition) is 6. The minimum Gasteiger partial charge on any atom is -0.366 e. The lowest BCUT2D eigenvalue weighted by Gasteiger charge is -2.36. The van der Waals surface area contributed by atoms with Crippen molar-refractivity contribution in [2.45, 2.75) is 13.3 Å². The second-order valence-electron chi connectivity index (χ2n) is 7.13. The molecule has 0 bridgehead atoms. The number of pyridine rings is 1. The Morgan fingerprint density at radius 1 is 1.13 bits per heavy atom. The van der Waals surface area contributed by atoms with Crippen molar-refractivity contribution in [3.8, 4) is 10.7 Å². The highest BCUT2D eigenvalue weighted by molar-refractivity contribution is 7.13. The molecular weight excluding hydrogens is 403 g/mol. The zero-order chi connectivity index (χ0) is 21.1. The van der Waals surface area contributed by atoms with Crippen LogP contribution in [-0.2, 0) is 11.2 Å². The second kappa shape index (κ2) is 8.71. The molecule has 0 unspecified atom stereocenters. The Hall–Kier alpha value is -3.13. The highest BCUT2D eigenvalue weighted by Crippen LogP contribution is 2.24. The molecule has 30 heavy (non-hydrogen) atoms. The van der Waals surface area contributed by atoms with E-state index in [-0.39, 0.29) is 18.1 Å². The molecule has 3 heterocycles. The number of benzene rings is 1. The van der Waals surface area contributed by atoms with Gasteiger partial charge in [-0.25, -0.2) is 9.37 Å². The summed E-state index contributed by atoms with van der Waals surface area (Å²) in [4.78, 5) is 36.6. The number of ketones is 1. The molecule has 154 valence electrons. The Labute approximate surface area is 178 Å². The first-order valence-electron chi connectivity index (χ1n) is 9.70. The van der Waals surface area contributed by atoms with Crippen LogP contribution >= 0.6 is 11.3 Å². The van der Waals surface area contributed by atoms with Gasteiger partial charge in [0.05, 0.1) is 23.5 Å². The molecule has 3 aromatic rings. The molecule has 6 nitrogen and oxygen atoms in total. The molecule has 1 fully saturated rings. The number of rotatable bonds is 5. The van der Waals surface area contributed by atoms with Crippen molar-refractivity contribution in [1.82, 2.24) is 14.9 Å². The number of amides is 1. The van der Waals surface area contributed by atoms with Crippen LogP contribution < -0.4 is 4.90 Å². The van der Waals surface area contributed by atoms with E-state index in [1.165, 1.54) is 24.3 Å². The molecule has 1 saturated heterocycles. The van der Waals surface area contributed by atoms with Gasteiger partial charge in [0, 0.05) is 43.3 Å². The predicted octanol–water partition coefficient (Wildman–Crippen LogP) is 3.44.